The first-order valence-electron chi connectivity index (χ1n) is 7.76. The lowest BCUT2D eigenvalue weighted by molar-refractivity contribution is -0.142. The summed E-state index contributed by atoms with van der Waals surface area (Å²) < 4.78 is 41.3. The van der Waals surface area contributed by atoms with Crippen molar-refractivity contribution in [1.82, 2.24) is 24.9 Å². The quantitative estimate of drug-likeness (QED) is 0.776. The largest absolute Gasteiger partial charge is 0.436 e. The van der Waals surface area contributed by atoms with Crippen molar-refractivity contribution in [3.8, 4) is 0 Å². The van der Waals surface area contributed by atoms with E-state index in [0.29, 0.717) is 5.69 Å². The number of halogens is 4. The second-order valence-electron chi connectivity index (χ2n) is 5.60. The average molecular weight is 422 g/mol. The molecule has 0 aliphatic carbocycles. The van der Waals surface area contributed by atoms with E-state index in [1.54, 1.807) is 11.6 Å². The van der Waals surface area contributed by atoms with Gasteiger partial charge in [-0.2, -0.15) is 23.4 Å². The SMILES string of the molecule is CCn1ccc(C(C)NC(=O)CCn2nc(C(F)(F)F)c(Br)c2C)n1. The van der Waals surface area contributed by atoms with Gasteiger partial charge < -0.3 is 5.32 Å². The lowest BCUT2D eigenvalue weighted by Gasteiger charge is -2.12. The molecule has 10 heteroatoms. The molecular weight excluding hydrogens is 403 g/mol. The van der Waals surface area contributed by atoms with E-state index in [-0.39, 0.29) is 29.4 Å². The zero-order valence-corrected chi connectivity index (χ0v) is 15.6. The summed E-state index contributed by atoms with van der Waals surface area (Å²) in [7, 11) is 0. The van der Waals surface area contributed by atoms with Crippen molar-refractivity contribution < 1.29 is 18.0 Å². The van der Waals surface area contributed by atoms with E-state index in [1.165, 1.54) is 11.6 Å². The third-order valence-electron chi connectivity index (χ3n) is 3.76. The molecular formula is C15H19BrF3N5O. The minimum Gasteiger partial charge on any atom is -0.348 e. The number of alkyl halides is 3. The molecule has 0 radical (unpaired) electrons. The van der Waals surface area contributed by atoms with Crippen LogP contribution in [0, 0.1) is 6.92 Å². The Balaban J connectivity index is 1.96. The van der Waals surface area contributed by atoms with Crippen molar-refractivity contribution in [1.29, 1.82) is 0 Å². The first kappa shape index (κ1) is 19.5. The van der Waals surface area contributed by atoms with Crippen molar-refractivity contribution >= 4 is 21.8 Å². The maximum Gasteiger partial charge on any atom is 0.436 e. The predicted molar refractivity (Wildman–Crippen MR) is 88.7 cm³/mol. The number of amides is 1. The minimum absolute atomic E-state index is 0.0189. The molecule has 0 saturated heterocycles. The maximum absolute atomic E-state index is 12.8. The molecule has 0 bridgehead atoms. The summed E-state index contributed by atoms with van der Waals surface area (Å²) in [6.45, 7) is 6.07. The number of nitrogens with zero attached hydrogens (tertiary/aromatic N) is 4. The Morgan fingerprint density at radius 1 is 1.40 bits per heavy atom. The number of hydrogen-bond donors (Lipinski definition) is 1. The van der Waals surface area contributed by atoms with Gasteiger partial charge in [0.25, 0.3) is 0 Å². The molecule has 1 N–H and O–H groups in total. The number of rotatable bonds is 6. The Bertz CT molecular complexity index is 753. The Morgan fingerprint density at radius 3 is 2.60 bits per heavy atom. The molecule has 0 aromatic carbocycles. The fourth-order valence-corrected chi connectivity index (χ4v) is 2.81. The van der Waals surface area contributed by atoms with Crippen molar-refractivity contribution in [3.05, 3.63) is 33.8 Å². The van der Waals surface area contributed by atoms with Gasteiger partial charge in [0.05, 0.1) is 28.4 Å². The molecule has 2 rings (SSSR count). The van der Waals surface area contributed by atoms with Gasteiger partial charge >= 0.3 is 6.18 Å². The van der Waals surface area contributed by atoms with Crippen LogP contribution < -0.4 is 5.32 Å². The Labute approximate surface area is 151 Å². The van der Waals surface area contributed by atoms with Crippen LogP contribution in [0.15, 0.2) is 16.7 Å². The molecule has 0 spiro atoms. The van der Waals surface area contributed by atoms with E-state index < -0.39 is 11.9 Å². The zero-order chi connectivity index (χ0) is 18.8. The summed E-state index contributed by atoms with van der Waals surface area (Å²) in [5, 5.41) is 10.6. The third kappa shape index (κ3) is 4.62. The summed E-state index contributed by atoms with van der Waals surface area (Å²) >= 11 is 2.91. The number of carbonyl (C=O) groups is 1. The summed E-state index contributed by atoms with van der Waals surface area (Å²) in [6.07, 6.45) is -2.70. The second kappa shape index (κ2) is 7.59. The first-order chi connectivity index (χ1) is 11.6. The van der Waals surface area contributed by atoms with Gasteiger partial charge in [0.2, 0.25) is 5.91 Å². The summed E-state index contributed by atoms with van der Waals surface area (Å²) in [6, 6.07) is 1.54. The average Bonchev–Trinajstić information content (AvgIpc) is 3.11. The first-order valence-corrected chi connectivity index (χ1v) is 8.55. The van der Waals surface area contributed by atoms with Gasteiger partial charge in [-0.15, -0.1) is 0 Å². The highest BCUT2D eigenvalue weighted by molar-refractivity contribution is 9.10. The molecule has 1 unspecified atom stereocenters. The van der Waals surface area contributed by atoms with E-state index in [9.17, 15) is 18.0 Å². The van der Waals surface area contributed by atoms with E-state index in [1.807, 2.05) is 19.2 Å². The molecule has 2 heterocycles. The normalized spacial score (nSPS) is 13.1. The van der Waals surface area contributed by atoms with Gasteiger partial charge in [-0.3, -0.25) is 14.2 Å². The number of aromatic nitrogens is 4. The fraction of sp³-hybridized carbons (Fsp3) is 0.533. The van der Waals surface area contributed by atoms with Gasteiger partial charge in [-0.05, 0) is 42.8 Å². The molecule has 2 aromatic rings. The lowest BCUT2D eigenvalue weighted by Crippen LogP contribution is -2.28. The second-order valence-corrected chi connectivity index (χ2v) is 6.40. The van der Waals surface area contributed by atoms with Gasteiger partial charge in [-0.25, -0.2) is 0 Å². The highest BCUT2D eigenvalue weighted by Crippen LogP contribution is 2.35. The molecule has 0 aliphatic heterocycles. The van der Waals surface area contributed by atoms with Crippen LogP contribution in [0.4, 0.5) is 13.2 Å². The number of nitrogens with one attached hydrogen (secondary N) is 1. The molecule has 1 atom stereocenters. The lowest BCUT2D eigenvalue weighted by atomic mass is 10.2. The van der Waals surface area contributed by atoms with Crippen LogP contribution in [0.1, 0.15) is 43.4 Å². The van der Waals surface area contributed by atoms with Gasteiger partial charge in [-0.1, -0.05) is 0 Å². The number of hydrogen-bond acceptors (Lipinski definition) is 3. The third-order valence-corrected chi connectivity index (χ3v) is 4.71. The molecule has 138 valence electrons. The van der Waals surface area contributed by atoms with Crippen LogP contribution in [-0.4, -0.2) is 25.5 Å². The van der Waals surface area contributed by atoms with Crippen molar-refractivity contribution in [2.75, 3.05) is 0 Å². The molecule has 6 nitrogen and oxygen atoms in total. The van der Waals surface area contributed by atoms with Crippen LogP contribution in [0.25, 0.3) is 0 Å². The highest BCUT2D eigenvalue weighted by atomic mass is 79.9. The van der Waals surface area contributed by atoms with Gasteiger partial charge in [0.15, 0.2) is 5.69 Å². The minimum atomic E-state index is -4.54. The van der Waals surface area contributed by atoms with Crippen LogP contribution in [0.3, 0.4) is 0 Å². The highest BCUT2D eigenvalue weighted by Gasteiger charge is 2.37. The smallest absolute Gasteiger partial charge is 0.348 e. The maximum atomic E-state index is 12.8. The van der Waals surface area contributed by atoms with Crippen molar-refractivity contribution in [2.24, 2.45) is 0 Å². The molecule has 0 fully saturated rings. The van der Waals surface area contributed by atoms with E-state index in [0.717, 1.165) is 12.2 Å². The van der Waals surface area contributed by atoms with Crippen LogP contribution >= 0.6 is 15.9 Å². The van der Waals surface area contributed by atoms with E-state index in [4.69, 9.17) is 0 Å². The van der Waals surface area contributed by atoms with Gasteiger partial charge in [0.1, 0.15) is 0 Å². The molecule has 2 aromatic heterocycles. The summed E-state index contributed by atoms with van der Waals surface area (Å²) in [5.41, 5.74) is 0.0753. The fourth-order valence-electron chi connectivity index (χ4n) is 2.30. The molecule has 1 amide bonds. The standard InChI is InChI=1S/C15H19BrF3N5O/c1-4-23-7-5-11(21-23)9(2)20-12(25)6-8-24-10(3)13(16)14(22-24)15(17,18)19/h5,7,9H,4,6,8H2,1-3H3,(H,20,25). The number of carbonyl (C=O) groups excluding carboxylic acids is 1. The Kier molecular flexibility index (Phi) is 5.91. The summed E-state index contributed by atoms with van der Waals surface area (Å²) in [4.78, 5) is 12.1. The zero-order valence-electron chi connectivity index (χ0n) is 14.1. The van der Waals surface area contributed by atoms with Crippen molar-refractivity contribution in [3.63, 3.8) is 0 Å². The van der Waals surface area contributed by atoms with Crippen molar-refractivity contribution in [2.45, 2.75) is 52.5 Å². The van der Waals surface area contributed by atoms with Crippen LogP contribution in [-0.2, 0) is 24.1 Å². The Morgan fingerprint density at radius 2 is 2.08 bits per heavy atom. The van der Waals surface area contributed by atoms with Crippen LogP contribution in [0.5, 0.6) is 0 Å². The topological polar surface area (TPSA) is 64.7 Å². The van der Waals surface area contributed by atoms with Crippen LogP contribution in [0.2, 0.25) is 0 Å². The molecule has 0 aliphatic rings. The van der Waals surface area contributed by atoms with E-state index in [2.05, 4.69) is 31.4 Å². The monoisotopic (exact) mass is 421 g/mol. The van der Waals surface area contributed by atoms with Gasteiger partial charge in [0, 0.05) is 19.2 Å². The Hall–Kier alpha value is -1.84. The van der Waals surface area contributed by atoms with E-state index >= 15 is 0 Å². The number of aryl methyl sites for hydroxylation is 2. The molecule has 0 saturated carbocycles. The molecule has 25 heavy (non-hydrogen) atoms. The summed E-state index contributed by atoms with van der Waals surface area (Å²) in [5.74, 6) is -0.280. The predicted octanol–water partition coefficient (Wildman–Crippen LogP) is 3.46.